The van der Waals surface area contributed by atoms with Crippen molar-refractivity contribution < 1.29 is 9.50 Å². The normalized spacial score (nSPS) is 13.1. The van der Waals surface area contributed by atoms with Crippen molar-refractivity contribution in [2.24, 2.45) is 5.92 Å². The summed E-state index contributed by atoms with van der Waals surface area (Å²) in [5, 5.41) is 9.71. The number of aliphatic hydroxyl groups is 1. The minimum atomic E-state index is -0.341. The van der Waals surface area contributed by atoms with Crippen LogP contribution in [0, 0.1) is 11.7 Å². The van der Waals surface area contributed by atoms with Gasteiger partial charge < -0.3 is 5.11 Å². The predicted molar refractivity (Wildman–Crippen MR) is 67.2 cm³/mol. The van der Waals surface area contributed by atoms with Crippen LogP contribution in [-0.2, 0) is 0 Å². The van der Waals surface area contributed by atoms with Crippen LogP contribution < -0.4 is 0 Å². The number of benzene rings is 1. The van der Waals surface area contributed by atoms with E-state index >= 15 is 0 Å². The molecule has 0 aliphatic carbocycles. The van der Waals surface area contributed by atoms with E-state index in [9.17, 15) is 9.50 Å². The molecule has 1 aromatic rings. The summed E-state index contributed by atoms with van der Waals surface area (Å²) in [5.41, 5.74) is 0. The molecule has 0 heterocycles. The largest absolute Gasteiger partial charge is 0.392 e. The topological polar surface area (TPSA) is 20.2 Å². The molecule has 0 aromatic heterocycles. The van der Waals surface area contributed by atoms with Crippen molar-refractivity contribution in [1.82, 2.24) is 0 Å². The molecule has 0 saturated heterocycles. The SMILES string of the molecule is CC(C)CCC(O)CSc1ccccc1F. The van der Waals surface area contributed by atoms with Crippen LogP contribution in [0.3, 0.4) is 0 Å². The second-order valence-electron chi connectivity index (χ2n) is 4.37. The average Bonchev–Trinajstić information content (AvgIpc) is 2.25. The van der Waals surface area contributed by atoms with Gasteiger partial charge in [0.2, 0.25) is 0 Å². The Kier molecular flexibility index (Phi) is 5.85. The van der Waals surface area contributed by atoms with Crippen LogP contribution in [0.2, 0.25) is 0 Å². The van der Waals surface area contributed by atoms with E-state index in [1.54, 1.807) is 12.1 Å². The third-order valence-corrected chi connectivity index (χ3v) is 3.54. The van der Waals surface area contributed by atoms with E-state index in [1.165, 1.54) is 17.8 Å². The molecule has 0 spiro atoms. The molecule has 1 nitrogen and oxygen atoms in total. The van der Waals surface area contributed by atoms with Crippen LogP contribution in [-0.4, -0.2) is 17.0 Å². The van der Waals surface area contributed by atoms with Crippen LogP contribution >= 0.6 is 11.8 Å². The lowest BCUT2D eigenvalue weighted by atomic mass is 10.1. The first-order valence-electron chi connectivity index (χ1n) is 5.65. The van der Waals surface area contributed by atoms with Gasteiger partial charge in [0.1, 0.15) is 5.82 Å². The minimum Gasteiger partial charge on any atom is -0.392 e. The Morgan fingerprint density at radius 2 is 1.94 bits per heavy atom. The molecule has 3 heteroatoms. The molecule has 1 unspecified atom stereocenters. The second-order valence-corrected chi connectivity index (χ2v) is 5.43. The quantitative estimate of drug-likeness (QED) is 0.767. The lowest BCUT2D eigenvalue weighted by Crippen LogP contribution is -2.11. The van der Waals surface area contributed by atoms with Crippen molar-refractivity contribution in [1.29, 1.82) is 0 Å². The Labute approximate surface area is 101 Å². The average molecular weight is 242 g/mol. The Hall–Kier alpha value is -0.540. The van der Waals surface area contributed by atoms with E-state index in [1.807, 2.05) is 6.07 Å². The zero-order chi connectivity index (χ0) is 12.0. The highest BCUT2D eigenvalue weighted by atomic mass is 32.2. The lowest BCUT2D eigenvalue weighted by Gasteiger charge is -2.11. The van der Waals surface area contributed by atoms with E-state index < -0.39 is 0 Å². The third-order valence-electron chi connectivity index (χ3n) is 2.35. The molecular formula is C13H19FOS. The third kappa shape index (κ3) is 4.99. The summed E-state index contributed by atoms with van der Waals surface area (Å²) in [6, 6.07) is 6.68. The van der Waals surface area contributed by atoms with Crippen LogP contribution in [0.25, 0.3) is 0 Å². The number of hydrogen-bond donors (Lipinski definition) is 1. The predicted octanol–water partition coefficient (Wildman–Crippen LogP) is 3.71. The first-order valence-corrected chi connectivity index (χ1v) is 6.63. The molecule has 0 amide bonds. The van der Waals surface area contributed by atoms with Crippen molar-refractivity contribution in [3.63, 3.8) is 0 Å². The van der Waals surface area contributed by atoms with Gasteiger partial charge in [0.25, 0.3) is 0 Å². The summed E-state index contributed by atoms with van der Waals surface area (Å²) in [5.74, 6) is 0.963. The molecule has 0 aliphatic rings. The Balaban J connectivity index is 2.31. The fraction of sp³-hybridized carbons (Fsp3) is 0.538. The van der Waals surface area contributed by atoms with Crippen molar-refractivity contribution in [3.8, 4) is 0 Å². The molecule has 1 atom stereocenters. The fourth-order valence-electron chi connectivity index (χ4n) is 1.36. The van der Waals surface area contributed by atoms with E-state index in [4.69, 9.17) is 0 Å². The van der Waals surface area contributed by atoms with E-state index in [0.29, 0.717) is 16.6 Å². The number of aliphatic hydroxyl groups excluding tert-OH is 1. The van der Waals surface area contributed by atoms with Gasteiger partial charge in [-0.3, -0.25) is 0 Å². The summed E-state index contributed by atoms with van der Waals surface area (Å²) >= 11 is 1.38. The number of halogens is 1. The van der Waals surface area contributed by atoms with E-state index in [-0.39, 0.29) is 11.9 Å². The van der Waals surface area contributed by atoms with E-state index in [2.05, 4.69) is 13.8 Å². The zero-order valence-corrected chi connectivity index (χ0v) is 10.6. The van der Waals surface area contributed by atoms with Gasteiger partial charge in [-0.2, -0.15) is 0 Å². The maximum atomic E-state index is 13.3. The highest BCUT2D eigenvalue weighted by Crippen LogP contribution is 2.23. The van der Waals surface area contributed by atoms with Crippen molar-refractivity contribution in [3.05, 3.63) is 30.1 Å². The van der Waals surface area contributed by atoms with Crippen LogP contribution in [0.15, 0.2) is 29.2 Å². The summed E-state index contributed by atoms with van der Waals surface area (Å²) < 4.78 is 13.3. The molecule has 1 rings (SSSR count). The minimum absolute atomic E-state index is 0.205. The maximum Gasteiger partial charge on any atom is 0.136 e. The van der Waals surface area contributed by atoms with Gasteiger partial charge in [0, 0.05) is 10.6 Å². The molecule has 16 heavy (non-hydrogen) atoms. The Morgan fingerprint density at radius 1 is 1.25 bits per heavy atom. The van der Waals surface area contributed by atoms with Crippen molar-refractivity contribution in [2.75, 3.05) is 5.75 Å². The smallest absolute Gasteiger partial charge is 0.136 e. The molecular weight excluding hydrogens is 223 g/mol. The molecule has 0 bridgehead atoms. The highest BCUT2D eigenvalue weighted by Gasteiger charge is 2.08. The van der Waals surface area contributed by atoms with Crippen LogP contribution in [0.1, 0.15) is 26.7 Å². The van der Waals surface area contributed by atoms with Gasteiger partial charge in [0.15, 0.2) is 0 Å². The molecule has 0 radical (unpaired) electrons. The van der Waals surface area contributed by atoms with Crippen molar-refractivity contribution in [2.45, 2.75) is 37.7 Å². The standard InChI is InChI=1S/C13H19FOS/c1-10(2)7-8-11(15)9-16-13-6-4-3-5-12(13)14/h3-6,10-11,15H,7-9H2,1-2H3. The number of hydrogen-bond acceptors (Lipinski definition) is 2. The fourth-order valence-corrected chi connectivity index (χ4v) is 2.28. The van der Waals surface area contributed by atoms with Gasteiger partial charge in [-0.25, -0.2) is 4.39 Å². The highest BCUT2D eigenvalue weighted by molar-refractivity contribution is 7.99. The zero-order valence-electron chi connectivity index (χ0n) is 9.82. The number of thioether (sulfide) groups is 1. The molecule has 90 valence electrons. The second kappa shape index (κ2) is 6.92. The molecule has 0 saturated carbocycles. The molecule has 1 aromatic carbocycles. The summed E-state index contributed by atoms with van der Waals surface area (Å²) in [6.07, 6.45) is 1.46. The lowest BCUT2D eigenvalue weighted by molar-refractivity contribution is 0.180. The molecule has 0 fully saturated rings. The van der Waals surface area contributed by atoms with Gasteiger partial charge in [-0.1, -0.05) is 26.0 Å². The van der Waals surface area contributed by atoms with E-state index in [0.717, 1.165) is 12.8 Å². The van der Waals surface area contributed by atoms with Gasteiger partial charge in [0.05, 0.1) is 6.10 Å². The summed E-state index contributed by atoms with van der Waals surface area (Å²) in [4.78, 5) is 0.617. The van der Waals surface area contributed by atoms with Gasteiger partial charge in [-0.15, -0.1) is 11.8 Å². The van der Waals surface area contributed by atoms with Crippen LogP contribution in [0.4, 0.5) is 4.39 Å². The maximum absolute atomic E-state index is 13.3. The Bertz CT molecular complexity index is 315. The first-order chi connectivity index (χ1) is 7.59. The van der Waals surface area contributed by atoms with Crippen LogP contribution in [0.5, 0.6) is 0 Å². The Morgan fingerprint density at radius 3 is 2.56 bits per heavy atom. The van der Waals surface area contributed by atoms with Gasteiger partial charge >= 0.3 is 0 Å². The van der Waals surface area contributed by atoms with Gasteiger partial charge in [-0.05, 0) is 30.9 Å². The first kappa shape index (κ1) is 13.5. The number of rotatable bonds is 6. The molecule has 0 aliphatic heterocycles. The summed E-state index contributed by atoms with van der Waals surface area (Å²) in [7, 11) is 0. The summed E-state index contributed by atoms with van der Waals surface area (Å²) in [6.45, 7) is 4.27. The molecule has 1 N–H and O–H groups in total. The van der Waals surface area contributed by atoms with Crippen molar-refractivity contribution >= 4 is 11.8 Å². The monoisotopic (exact) mass is 242 g/mol.